The molecule has 2 aromatic carbocycles. The largest absolute Gasteiger partial charge is 0.383 e. The molecule has 0 aromatic heterocycles. The maximum Gasteiger partial charge on any atom is 0.270 e. The van der Waals surface area contributed by atoms with Gasteiger partial charge in [0.15, 0.2) is 0 Å². The molecule has 0 saturated heterocycles. The maximum atomic E-state index is 13.6. The van der Waals surface area contributed by atoms with Crippen LogP contribution in [0, 0.1) is 6.92 Å². The van der Waals surface area contributed by atoms with E-state index in [1.54, 1.807) is 6.07 Å². The summed E-state index contributed by atoms with van der Waals surface area (Å²) in [6.45, 7) is 4.05. The summed E-state index contributed by atoms with van der Waals surface area (Å²) in [6.07, 6.45) is 3.83. The first kappa shape index (κ1) is 17.6. The number of allylic oxidation sites excluding steroid dienone is 1. The molecule has 0 saturated carbocycles. The first-order chi connectivity index (χ1) is 11.8. The second-order valence-corrected chi connectivity index (χ2v) is 6.59. The van der Waals surface area contributed by atoms with Gasteiger partial charge >= 0.3 is 0 Å². The highest BCUT2D eigenvalue weighted by Crippen LogP contribution is 2.31. The lowest BCUT2D eigenvalue weighted by molar-refractivity contribution is 0.0175. The number of halogens is 3. The van der Waals surface area contributed by atoms with Crippen molar-refractivity contribution in [1.82, 2.24) is 0 Å². The van der Waals surface area contributed by atoms with Crippen molar-refractivity contribution >= 4 is 29.1 Å². The number of nitrogens with zero attached hydrogens (tertiary/aromatic N) is 1. The summed E-state index contributed by atoms with van der Waals surface area (Å²) in [5.41, 5.74) is 4.25. The van der Waals surface area contributed by atoms with Crippen molar-refractivity contribution < 1.29 is 8.78 Å². The summed E-state index contributed by atoms with van der Waals surface area (Å²) in [6, 6.07) is 10.5. The van der Waals surface area contributed by atoms with Crippen molar-refractivity contribution in [2.45, 2.75) is 19.8 Å². The Kier molecular flexibility index (Phi) is 4.91. The summed E-state index contributed by atoms with van der Waals surface area (Å²) in [4.78, 5) is 4.56. The van der Waals surface area contributed by atoms with Crippen LogP contribution in [0.3, 0.4) is 0 Å². The third kappa shape index (κ3) is 4.07. The molecule has 1 aliphatic heterocycles. The number of fused-ring (bicyclic) bond motifs is 1. The molecule has 130 valence electrons. The van der Waals surface area contributed by atoms with Crippen molar-refractivity contribution in [2.24, 2.45) is 4.99 Å². The fourth-order valence-electron chi connectivity index (χ4n) is 2.67. The number of nitrogens with one attached hydrogen (secondary N) is 1. The average Bonchev–Trinajstić information content (AvgIpc) is 2.76. The number of alkyl halides is 2. The smallest absolute Gasteiger partial charge is 0.270 e. The number of benzodiazepines with no additional fused rings is 1. The maximum absolute atomic E-state index is 13.6. The highest BCUT2D eigenvalue weighted by Gasteiger charge is 2.25. The zero-order chi connectivity index (χ0) is 18.0. The van der Waals surface area contributed by atoms with E-state index in [9.17, 15) is 8.78 Å². The van der Waals surface area contributed by atoms with E-state index in [0.29, 0.717) is 23.8 Å². The lowest BCUT2D eigenvalue weighted by atomic mass is 10.0. The summed E-state index contributed by atoms with van der Waals surface area (Å²) in [5, 5.41) is 3.89. The molecule has 3 rings (SSSR count). The lowest BCUT2D eigenvalue weighted by Gasteiger charge is -2.15. The molecule has 1 N–H and O–H groups in total. The first-order valence-corrected chi connectivity index (χ1v) is 8.48. The molecule has 2 aromatic rings. The van der Waals surface area contributed by atoms with E-state index in [1.165, 1.54) is 12.1 Å². The molecule has 25 heavy (non-hydrogen) atoms. The van der Waals surface area contributed by atoms with E-state index in [4.69, 9.17) is 11.6 Å². The number of hydrogen-bond donors (Lipinski definition) is 1. The molecular weight excluding hydrogens is 342 g/mol. The van der Waals surface area contributed by atoms with Crippen LogP contribution in [0.15, 0.2) is 47.5 Å². The van der Waals surface area contributed by atoms with Crippen LogP contribution in [-0.4, -0.2) is 18.8 Å². The standard InChI is InChI=1S/C20H19ClF2N2/c1-13-3-4-14(11-17(13)21)5-8-18-16-7-6-15(20(2,22)23)12-19(16)25-10-9-24-18/h3-8,11-12,25H,9-10H2,1-2H3/b8-5+. The first-order valence-electron chi connectivity index (χ1n) is 8.10. The zero-order valence-corrected chi connectivity index (χ0v) is 14.9. The third-order valence-corrected chi connectivity index (χ3v) is 4.55. The molecule has 0 unspecified atom stereocenters. The monoisotopic (exact) mass is 360 g/mol. The van der Waals surface area contributed by atoms with Gasteiger partial charge in [-0.05, 0) is 36.3 Å². The Morgan fingerprint density at radius 1 is 1.16 bits per heavy atom. The molecule has 1 aliphatic rings. The molecule has 5 heteroatoms. The number of rotatable bonds is 3. The molecule has 2 nitrogen and oxygen atoms in total. The Bertz CT molecular complexity index is 851. The molecule has 0 fully saturated rings. The van der Waals surface area contributed by atoms with Crippen molar-refractivity contribution in [3.05, 3.63) is 69.8 Å². The average molecular weight is 361 g/mol. The third-order valence-electron chi connectivity index (χ3n) is 4.14. The van der Waals surface area contributed by atoms with Gasteiger partial charge in [-0.1, -0.05) is 41.9 Å². The SMILES string of the molecule is Cc1ccc(/C=C/C2=NCCNc3cc(C(C)(F)F)ccc32)cc1Cl. The number of aliphatic imine (C=N–C) groups is 1. The Morgan fingerprint density at radius 3 is 2.68 bits per heavy atom. The zero-order valence-electron chi connectivity index (χ0n) is 14.1. The Balaban J connectivity index is 1.94. The minimum absolute atomic E-state index is 0.00528. The normalized spacial score (nSPS) is 14.7. The molecule has 0 aliphatic carbocycles. The topological polar surface area (TPSA) is 24.4 Å². The van der Waals surface area contributed by atoms with E-state index in [2.05, 4.69) is 10.3 Å². The summed E-state index contributed by atoms with van der Waals surface area (Å²) >= 11 is 6.16. The van der Waals surface area contributed by atoms with E-state index in [0.717, 1.165) is 29.3 Å². The lowest BCUT2D eigenvalue weighted by Crippen LogP contribution is -2.10. The van der Waals surface area contributed by atoms with Gasteiger partial charge in [0.1, 0.15) is 0 Å². The van der Waals surface area contributed by atoms with Crippen molar-refractivity contribution in [3.8, 4) is 0 Å². The fraction of sp³-hybridized carbons (Fsp3) is 0.250. The summed E-state index contributed by atoms with van der Waals surface area (Å²) in [7, 11) is 0. The van der Waals surface area contributed by atoms with Crippen molar-refractivity contribution in [2.75, 3.05) is 18.4 Å². The van der Waals surface area contributed by atoms with E-state index < -0.39 is 5.92 Å². The quantitative estimate of drug-likeness (QED) is 0.747. The fourth-order valence-corrected chi connectivity index (χ4v) is 2.86. The Morgan fingerprint density at radius 2 is 1.96 bits per heavy atom. The minimum atomic E-state index is -2.87. The van der Waals surface area contributed by atoms with Crippen molar-refractivity contribution in [3.63, 3.8) is 0 Å². The van der Waals surface area contributed by atoms with Gasteiger partial charge in [0.05, 0.1) is 12.3 Å². The van der Waals surface area contributed by atoms with Crippen molar-refractivity contribution in [1.29, 1.82) is 0 Å². The number of anilines is 1. The van der Waals surface area contributed by atoms with Gasteiger partial charge in [-0.2, -0.15) is 0 Å². The molecular formula is C20H19ClF2N2. The highest BCUT2D eigenvalue weighted by atomic mass is 35.5. The number of hydrogen-bond acceptors (Lipinski definition) is 2. The minimum Gasteiger partial charge on any atom is -0.383 e. The van der Waals surface area contributed by atoms with Gasteiger partial charge in [0.25, 0.3) is 5.92 Å². The predicted molar refractivity (Wildman–Crippen MR) is 101 cm³/mol. The van der Waals surface area contributed by atoms with Crippen LogP contribution in [0.5, 0.6) is 0 Å². The van der Waals surface area contributed by atoms with E-state index in [1.807, 2.05) is 37.3 Å². The van der Waals surface area contributed by atoms with Gasteiger partial charge in [-0.25, -0.2) is 8.78 Å². The highest BCUT2D eigenvalue weighted by molar-refractivity contribution is 6.31. The van der Waals surface area contributed by atoms with Gasteiger partial charge in [-0.3, -0.25) is 4.99 Å². The molecule has 0 spiro atoms. The molecule has 1 heterocycles. The van der Waals surface area contributed by atoms with Crippen LogP contribution in [-0.2, 0) is 5.92 Å². The Labute approximate surface area is 151 Å². The van der Waals surface area contributed by atoms with E-state index >= 15 is 0 Å². The van der Waals surface area contributed by atoms with Gasteiger partial charge in [0, 0.05) is 35.3 Å². The molecule has 0 amide bonds. The summed E-state index contributed by atoms with van der Waals surface area (Å²) < 4.78 is 27.2. The number of benzene rings is 2. The van der Waals surface area contributed by atoms with E-state index in [-0.39, 0.29) is 5.56 Å². The van der Waals surface area contributed by atoms with Crippen LogP contribution < -0.4 is 5.32 Å². The Hall–Kier alpha value is -2.20. The van der Waals surface area contributed by atoms with Gasteiger partial charge < -0.3 is 5.32 Å². The van der Waals surface area contributed by atoms with Crippen LogP contribution in [0.2, 0.25) is 5.02 Å². The molecule has 0 atom stereocenters. The van der Waals surface area contributed by atoms with Crippen LogP contribution >= 0.6 is 11.6 Å². The number of aryl methyl sites for hydroxylation is 1. The van der Waals surface area contributed by atoms with Crippen LogP contribution in [0.25, 0.3) is 6.08 Å². The molecule has 0 bridgehead atoms. The van der Waals surface area contributed by atoms with Crippen LogP contribution in [0.4, 0.5) is 14.5 Å². The molecule has 0 radical (unpaired) electrons. The van der Waals surface area contributed by atoms with Gasteiger partial charge in [0.2, 0.25) is 0 Å². The second-order valence-electron chi connectivity index (χ2n) is 6.18. The summed E-state index contributed by atoms with van der Waals surface area (Å²) in [5.74, 6) is -2.87. The van der Waals surface area contributed by atoms with Crippen LogP contribution in [0.1, 0.15) is 29.2 Å². The predicted octanol–water partition coefficient (Wildman–Crippen LogP) is 5.69. The second kappa shape index (κ2) is 6.96. The van der Waals surface area contributed by atoms with Gasteiger partial charge in [-0.15, -0.1) is 0 Å².